The number of aromatic nitrogens is 3. The molecule has 0 bridgehead atoms. The molecule has 6 nitrogen and oxygen atoms in total. The molecule has 5 heterocycles. The molecule has 2 saturated heterocycles. The highest BCUT2D eigenvalue weighted by molar-refractivity contribution is 7.22. The molecule has 0 radical (unpaired) electrons. The zero-order chi connectivity index (χ0) is 22.0. The van der Waals surface area contributed by atoms with Crippen molar-refractivity contribution in [3.05, 3.63) is 60.9 Å². The Morgan fingerprint density at radius 1 is 0.970 bits per heavy atom. The lowest BCUT2D eigenvalue weighted by Gasteiger charge is -2.36. The first-order valence-electron chi connectivity index (χ1n) is 11.7. The van der Waals surface area contributed by atoms with Crippen molar-refractivity contribution >= 4 is 27.4 Å². The van der Waals surface area contributed by atoms with Crippen LogP contribution in [0.3, 0.4) is 0 Å². The number of thiophene rings is 1. The Kier molecular flexibility index (Phi) is 5.76. The van der Waals surface area contributed by atoms with Crippen molar-refractivity contribution in [2.45, 2.75) is 18.9 Å². The molecule has 168 valence electrons. The maximum Gasteiger partial charge on any atom is 0.164 e. The molecule has 4 aromatic rings. The van der Waals surface area contributed by atoms with Gasteiger partial charge in [-0.15, -0.1) is 11.3 Å². The summed E-state index contributed by atoms with van der Waals surface area (Å²) in [5, 5.41) is 1.14. The van der Waals surface area contributed by atoms with Crippen LogP contribution < -0.4 is 4.90 Å². The van der Waals surface area contributed by atoms with E-state index in [1.165, 1.54) is 23.3 Å². The molecule has 7 heteroatoms. The van der Waals surface area contributed by atoms with Crippen molar-refractivity contribution in [2.24, 2.45) is 0 Å². The quantitative estimate of drug-likeness (QED) is 0.432. The molecule has 2 fully saturated rings. The van der Waals surface area contributed by atoms with Crippen LogP contribution in [-0.4, -0.2) is 65.3 Å². The van der Waals surface area contributed by atoms with Gasteiger partial charge in [0.2, 0.25) is 0 Å². The molecule has 2 aliphatic heterocycles. The van der Waals surface area contributed by atoms with Gasteiger partial charge in [0.05, 0.1) is 11.5 Å². The van der Waals surface area contributed by atoms with Gasteiger partial charge in [0.1, 0.15) is 10.6 Å². The maximum atomic E-state index is 5.85. The Morgan fingerprint density at radius 2 is 1.82 bits per heavy atom. The lowest BCUT2D eigenvalue weighted by Crippen LogP contribution is -2.48. The van der Waals surface area contributed by atoms with E-state index in [4.69, 9.17) is 14.7 Å². The zero-order valence-corrected chi connectivity index (χ0v) is 19.4. The van der Waals surface area contributed by atoms with Crippen LogP contribution in [0.2, 0.25) is 0 Å². The standard InChI is InChI=1S/C26H27N5OS/c1-2-6-19(7-3-1)23-16-22-25(28-24(29-26(22)33-23)20-8-4-10-27-17-20)31-13-11-30(12-14-31)18-21-9-5-15-32-21/h1-4,6-8,10,16-17,21H,5,9,11-15,18H2. The van der Waals surface area contributed by atoms with E-state index in [1.807, 2.05) is 18.3 Å². The van der Waals surface area contributed by atoms with Crippen molar-refractivity contribution < 1.29 is 4.74 Å². The second-order valence-electron chi connectivity index (χ2n) is 8.73. The normalized spacial score (nSPS) is 19.4. The van der Waals surface area contributed by atoms with Crippen LogP contribution in [0.4, 0.5) is 5.82 Å². The van der Waals surface area contributed by atoms with Gasteiger partial charge in [-0.1, -0.05) is 30.3 Å². The van der Waals surface area contributed by atoms with E-state index in [0.29, 0.717) is 6.10 Å². The number of hydrogen-bond donors (Lipinski definition) is 0. The Balaban J connectivity index is 1.34. The van der Waals surface area contributed by atoms with Crippen molar-refractivity contribution in [3.63, 3.8) is 0 Å². The van der Waals surface area contributed by atoms with Crippen molar-refractivity contribution in [1.29, 1.82) is 0 Å². The first kappa shape index (κ1) is 20.7. The summed E-state index contributed by atoms with van der Waals surface area (Å²) in [6.07, 6.45) is 6.43. The van der Waals surface area contributed by atoms with Crippen LogP contribution in [-0.2, 0) is 4.74 Å². The lowest BCUT2D eigenvalue weighted by molar-refractivity contribution is 0.0712. The van der Waals surface area contributed by atoms with Gasteiger partial charge in [-0.3, -0.25) is 9.88 Å². The number of nitrogens with zero attached hydrogens (tertiary/aromatic N) is 5. The van der Waals surface area contributed by atoms with Crippen LogP contribution in [0.5, 0.6) is 0 Å². The molecule has 2 aliphatic rings. The molecule has 3 aromatic heterocycles. The highest BCUT2D eigenvalue weighted by atomic mass is 32.1. The molecular formula is C26H27N5OS. The fraction of sp³-hybridized carbons (Fsp3) is 0.346. The predicted octanol–water partition coefficient (Wildman–Crippen LogP) is 4.72. The second-order valence-corrected chi connectivity index (χ2v) is 9.76. The summed E-state index contributed by atoms with van der Waals surface area (Å²) in [7, 11) is 0. The molecule has 33 heavy (non-hydrogen) atoms. The average Bonchev–Trinajstić information content (AvgIpc) is 3.55. The highest BCUT2D eigenvalue weighted by Gasteiger charge is 2.25. The van der Waals surface area contributed by atoms with E-state index < -0.39 is 0 Å². The topological polar surface area (TPSA) is 54.4 Å². The minimum Gasteiger partial charge on any atom is -0.377 e. The highest BCUT2D eigenvalue weighted by Crippen LogP contribution is 2.38. The van der Waals surface area contributed by atoms with E-state index in [1.54, 1.807) is 17.5 Å². The van der Waals surface area contributed by atoms with Crippen LogP contribution in [0.25, 0.3) is 32.0 Å². The third-order valence-electron chi connectivity index (χ3n) is 6.51. The molecule has 0 amide bonds. The van der Waals surface area contributed by atoms with Crippen LogP contribution >= 0.6 is 11.3 Å². The SMILES string of the molecule is c1ccc(-c2cc3c(N4CCN(CC5CCCO5)CC4)nc(-c4cccnc4)nc3s2)cc1. The molecule has 1 aromatic carbocycles. The van der Waals surface area contributed by atoms with E-state index in [2.05, 4.69) is 51.2 Å². The molecule has 0 aliphatic carbocycles. The van der Waals surface area contributed by atoms with E-state index in [0.717, 1.165) is 66.8 Å². The summed E-state index contributed by atoms with van der Waals surface area (Å²) >= 11 is 1.73. The molecule has 0 N–H and O–H groups in total. The first-order valence-corrected chi connectivity index (χ1v) is 12.5. The first-order chi connectivity index (χ1) is 16.3. The number of rotatable bonds is 5. The predicted molar refractivity (Wildman–Crippen MR) is 134 cm³/mol. The van der Waals surface area contributed by atoms with Crippen LogP contribution in [0.1, 0.15) is 12.8 Å². The van der Waals surface area contributed by atoms with Crippen molar-refractivity contribution in [3.8, 4) is 21.8 Å². The Labute approximate surface area is 197 Å². The monoisotopic (exact) mass is 457 g/mol. The summed E-state index contributed by atoms with van der Waals surface area (Å²) < 4.78 is 5.85. The van der Waals surface area contributed by atoms with Crippen LogP contribution in [0, 0.1) is 0 Å². The Bertz CT molecular complexity index is 1220. The number of ether oxygens (including phenoxy) is 1. The molecule has 0 spiro atoms. The van der Waals surface area contributed by atoms with Gasteiger partial charge in [0.25, 0.3) is 0 Å². The van der Waals surface area contributed by atoms with Crippen LogP contribution in [0.15, 0.2) is 60.9 Å². The van der Waals surface area contributed by atoms with Gasteiger partial charge >= 0.3 is 0 Å². The average molecular weight is 458 g/mol. The fourth-order valence-electron chi connectivity index (χ4n) is 4.73. The Hall–Kier alpha value is -2.87. The number of anilines is 1. The lowest BCUT2D eigenvalue weighted by atomic mass is 10.1. The summed E-state index contributed by atoms with van der Waals surface area (Å²) in [4.78, 5) is 21.5. The molecule has 1 atom stereocenters. The van der Waals surface area contributed by atoms with E-state index in [-0.39, 0.29) is 0 Å². The van der Waals surface area contributed by atoms with E-state index >= 15 is 0 Å². The Morgan fingerprint density at radius 3 is 2.58 bits per heavy atom. The van der Waals surface area contributed by atoms with Gasteiger partial charge in [-0.25, -0.2) is 9.97 Å². The number of piperazine rings is 1. The summed E-state index contributed by atoms with van der Waals surface area (Å²) in [6, 6.07) is 16.8. The van der Waals surface area contributed by atoms with Gasteiger partial charge in [-0.05, 0) is 36.6 Å². The third-order valence-corrected chi connectivity index (χ3v) is 7.59. The molecular weight excluding hydrogens is 430 g/mol. The summed E-state index contributed by atoms with van der Waals surface area (Å²) in [5.41, 5.74) is 2.17. The van der Waals surface area contributed by atoms with Gasteiger partial charge < -0.3 is 9.64 Å². The fourth-order valence-corrected chi connectivity index (χ4v) is 5.77. The van der Waals surface area contributed by atoms with Crippen molar-refractivity contribution in [1.82, 2.24) is 19.9 Å². The largest absolute Gasteiger partial charge is 0.377 e. The number of hydrogen-bond acceptors (Lipinski definition) is 7. The summed E-state index contributed by atoms with van der Waals surface area (Å²) in [5.74, 6) is 1.78. The number of fused-ring (bicyclic) bond motifs is 1. The van der Waals surface area contributed by atoms with Gasteiger partial charge in [0, 0.05) is 62.2 Å². The van der Waals surface area contributed by atoms with Gasteiger partial charge in [0.15, 0.2) is 5.82 Å². The minimum atomic E-state index is 0.407. The van der Waals surface area contributed by atoms with Gasteiger partial charge in [-0.2, -0.15) is 0 Å². The number of benzene rings is 1. The van der Waals surface area contributed by atoms with Crippen molar-refractivity contribution in [2.75, 3.05) is 44.2 Å². The molecule has 0 saturated carbocycles. The maximum absolute atomic E-state index is 5.85. The molecule has 1 unspecified atom stereocenters. The smallest absolute Gasteiger partial charge is 0.164 e. The third kappa shape index (κ3) is 4.36. The summed E-state index contributed by atoms with van der Waals surface area (Å²) in [6.45, 7) is 5.95. The minimum absolute atomic E-state index is 0.407. The zero-order valence-electron chi connectivity index (χ0n) is 18.6. The van der Waals surface area contributed by atoms with E-state index in [9.17, 15) is 0 Å². The second kappa shape index (κ2) is 9.17. The number of pyridine rings is 1. The molecule has 6 rings (SSSR count).